The smallest absolute Gasteiger partial charge is 0.165 e. The molecule has 1 saturated carbocycles. The summed E-state index contributed by atoms with van der Waals surface area (Å²) in [5.41, 5.74) is 1.13. The Morgan fingerprint density at radius 1 is 1.25 bits per heavy atom. The zero-order chi connectivity index (χ0) is 14.4. The van der Waals surface area contributed by atoms with Crippen LogP contribution in [-0.2, 0) is 11.3 Å². The van der Waals surface area contributed by atoms with Crippen molar-refractivity contribution >= 4 is 0 Å². The van der Waals surface area contributed by atoms with Gasteiger partial charge in [-0.1, -0.05) is 12.1 Å². The second-order valence-electron chi connectivity index (χ2n) is 5.07. The first kappa shape index (κ1) is 15.1. The lowest BCUT2D eigenvalue weighted by Gasteiger charge is -2.21. The average molecular weight is 279 g/mol. The monoisotopic (exact) mass is 279 g/mol. The van der Waals surface area contributed by atoms with Gasteiger partial charge in [-0.15, -0.1) is 0 Å². The van der Waals surface area contributed by atoms with E-state index >= 15 is 0 Å². The van der Waals surface area contributed by atoms with Crippen molar-refractivity contribution in [2.75, 3.05) is 20.8 Å². The van der Waals surface area contributed by atoms with Crippen molar-refractivity contribution in [3.63, 3.8) is 0 Å². The summed E-state index contributed by atoms with van der Waals surface area (Å²) in [6, 6.07) is 6.46. The minimum Gasteiger partial charge on any atom is -0.493 e. The number of para-hydroxylation sites is 1. The Morgan fingerprint density at radius 3 is 2.80 bits per heavy atom. The molecule has 0 spiro atoms. The third-order valence-electron chi connectivity index (χ3n) is 3.87. The summed E-state index contributed by atoms with van der Waals surface area (Å²) in [4.78, 5) is 0. The quantitative estimate of drug-likeness (QED) is 0.833. The Balaban J connectivity index is 2.03. The van der Waals surface area contributed by atoms with Crippen molar-refractivity contribution in [2.24, 2.45) is 0 Å². The van der Waals surface area contributed by atoms with Crippen LogP contribution in [0.25, 0.3) is 0 Å². The van der Waals surface area contributed by atoms with E-state index in [0.29, 0.717) is 18.8 Å². The Morgan fingerprint density at radius 2 is 2.10 bits per heavy atom. The fourth-order valence-corrected chi connectivity index (χ4v) is 2.88. The van der Waals surface area contributed by atoms with Crippen LogP contribution in [0.2, 0.25) is 0 Å². The minimum absolute atomic E-state index is 0.330. The molecule has 0 bridgehead atoms. The molecule has 2 unspecified atom stereocenters. The van der Waals surface area contributed by atoms with Crippen LogP contribution in [0.3, 0.4) is 0 Å². The first-order chi connectivity index (χ1) is 9.80. The van der Waals surface area contributed by atoms with E-state index in [4.69, 9.17) is 14.2 Å². The lowest BCUT2D eigenvalue weighted by atomic mass is 10.1. The summed E-state index contributed by atoms with van der Waals surface area (Å²) < 4.78 is 16.6. The van der Waals surface area contributed by atoms with E-state index in [1.165, 1.54) is 12.8 Å². The highest BCUT2D eigenvalue weighted by atomic mass is 16.5. The van der Waals surface area contributed by atoms with E-state index in [9.17, 15) is 0 Å². The second kappa shape index (κ2) is 7.50. The molecule has 0 saturated heterocycles. The van der Waals surface area contributed by atoms with E-state index in [1.807, 2.05) is 19.1 Å². The van der Waals surface area contributed by atoms with Crippen LogP contribution >= 0.6 is 0 Å². The van der Waals surface area contributed by atoms with Crippen molar-refractivity contribution in [2.45, 2.75) is 44.9 Å². The maximum absolute atomic E-state index is 5.61. The molecule has 1 N–H and O–H groups in total. The van der Waals surface area contributed by atoms with Crippen LogP contribution in [0, 0.1) is 0 Å². The van der Waals surface area contributed by atoms with E-state index in [-0.39, 0.29) is 0 Å². The Kier molecular flexibility index (Phi) is 5.68. The highest BCUT2D eigenvalue weighted by Crippen LogP contribution is 2.31. The van der Waals surface area contributed by atoms with Gasteiger partial charge in [0.1, 0.15) is 0 Å². The molecule has 4 nitrogen and oxygen atoms in total. The topological polar surface area (TPSA) is 39.7 Å². The Hall–Kier alpha value is -1.26. The number of nitrogens with one attached hydrogen (secondary N) is 1. The normalized spacial score (nSPS) is 21.9. The standard InChI is InChI=1S/C16H25NO3/c1-4-20-15-10-5-7-12(16(15)19-3)11-17-13-8-6-9-14(13)18-2/h5,7,10,13-14,17H,4,6,8-9,11H2,1-3H3. The molecule has 2 atom stereocenters. The summed E-state index contributed by atoms with van der Waals surface area (Å²) in [6.07, 6.45) is 3.87. The van der Waals surface area contributed by atoms with Gasteiger partial charge in [-0.25, -0.2) is 0 Å². The molecule has 1 aromatic rings. The fourth-order valence-electron chi connectivity index (χ4n) is 2.88. The van der Waals surface area contributed by atoms with Crippen molar-refractivity contribution in [3.05, 3.63) is 23.8 Å². The maximum atomic E-state index is 5.61. The number of rotatable bonds is 7. The van der Waals surface area contributed by atoms with E-state index in [1.54, 1.807) is 14.2 Å². The molecule has 1 aliphatic rings. The van der Waals surface area contributed by atoms with Crippen molar-refractivity contribution in [1.82, 2.24) is 5.32 Å². The summed E-state index contributed by atoms with van der Waals surface area (Å²) >= 11 is 0. The highest BCUT2D eigenvalue weighted by Gasteiger charge is 2.26. The summed E-state index contributed by atoms with van der Waals surface area (Å²) in [6.45, 7) is 3.39. The average Bonchev–Trinajstić information content (AvgIpc) is 2.93. The third-order valence-corrected chi connectivity index (χ3v) is 3.87. The number of hydrogen-bond acceptors (Lipinski definition) is 4. The molecule has 0 heterocycles. The van der Waals surface area contributed by atoms with Crippen LogP contribution in [0.1, 0.15) is 31.7 Å². The van der Waals surface area contributed by atoms with Gasteiger partial charge < -0.3 is 19.5 Å². The molecule has 0 aromatic heterocycles. The third kappa shape index (κ3) is 3.44. The SMILES string of the molecule is CCOc1cccc(CNC2CCCC2OC)c1OC. The van der Waals surface area contributed by atoms with Crippen molar-refractivity contribution < 1.29 is 14.2 Å². The molecule has 112 valence electrons. The predicted molar refractivity (Wildman–Crippen MR) is 79.4 cm³/mol. The first-order valence-corrected chi connectivity index (χ1v) is 7.35. The van der Waals surface area contributed by atoms with Gasteiger partial charge in [0, 0.05) is 25.3 Å². The van der Waals surface area contributed by atoms with Crippen LogP contribution in [0.15, 0.2) is 18.2 Å². The molecule has 1 aromatic carbocycles. The molecule has 0 aliphatic heterocycles. The lowest BCUT2D eigenvalue weighted by molar-refractivity contribution is 0.0846. The molecule has 0 amide bonds. The van der Waals surface area contributed by atoms with Gasteiger partial charge in [-0.05, 0) is 32.3 Å². The number of hydrogen-bond donors (Lipinski definition) is 1. The van der Waals surface area contributed by atoms with Gasteiger partial charge in [0.05, 0.1) is 19.8 Å². The predicted octanol–water partition coefficient (Wildman–Crippen LogP) is 2.75. The Labute approximate surface area is 121 Å². The number of benzene rings is 1. The summed E-state index contributed by atoms with van der Waals surface area (Å²) in [7, 11) is 3.48. The molecule has 20 heavy (non-hydrogen) atoms. The van der Waals surface area contributed by atoms with Gasteiger partial charge in [-0.2, -0.15) is 0 Å². The second-order valence-corrected chi connectivity index (χ2v) is 5.07. The molecular formula is C16H25NO3. The lowest BCUT2D eigenvalue weighted by Crippen LogP contribution is -2.36. The molecule has 1 fully saturated rings. The van der Waals surface area contributed by atoms with Gasteiger partial charge in [0.25, 0.3) is 0 Å². The van der Waals surface area contributed by atoms with Crippen molar-refractivity contribution in [1.29, 1.82) is 0 Å². The summed E-state index contributed by atoms with van der Waals surface area (Å²) in [5.74, 6) is 1.64. The van der Waals surface area contributed by atoms with E-state index in [2.05, 4.69) is 11.4 Å². The van der Waals surface area contributed by atoms with Crippen molar-refractivity contribution in [3.8, 4) is 11.5 Å². The van der Waals surface area contributed by atoms with Gasteiger partial charge in [0.15, 0.2) is 11.5 Å². The van der Waals surface area contributed by atoms with E-state index < -0.39 is 0 Å². The molecule has 2 rings (SSSR count). The Bertz CT molecular complexity index is 422. The molecule has 0 radical (unpaired) electrons. The first-order valence-electron chi connectivity index (χ1n) is 7.35. The summed E-state index contributed by atoms with van der Waals surface area (Å²) in [5, 5.41) is 3.58. The molecule has 4 heteroatoms. The number of methoxy groups -OCH3 is 2. The molecule has 1 aliphatic carbocycles. The van der Waals surface area contributed by atoms with Crippen LogP contribution < -0.4 is 14.8 Å². The molecular weight excluding hydrogens is 254 g/mol. The largest absolute Gasteiger partial charge is 0.493 e. The van der Waals surface area contributed by atoms with Gasteiger partial charge in [-0.3, -0.25) is 0 Å². The van der Waals surface area contributed by atoms with Gasteiger partial charge >= 0.3 is 0 Å². The fraction of sp³-hybridized carbons (Fsp3) is 0.625. The van der Waals surface area contributed by atoms with Gasteiger partial charge in [0.2, 0.25) is 0 Å². The zero-order valence-corrected chi connectivity index (χ0v) is 12.6. The maximum Gasteiger partial charge on any atom is 0.165 e. The van der Waals surface area contributed by atoms with Crippen LogP contribution in [-0.4, -0.2) is 33.0 Å². The minimum atomic E-state index is 0.330. The van der Waals surface area contributed by atoms with Crippen LogP contribution in [0.4, 0.5) is 0 Å². The highest BCUT2D eigenvalue weighted by molar-refractivity contribution is 5.46. The zero-order valence-electron chi connectivity index (χ0n) is 12.6. The number of ether oxygens (including phenoxy) is 3. The van der Waals surface area contributed by atoms with Crippen LogP contribution in [0.5, 0.6) is 11.5 Å². The van der Waals surface area contributed by atoms with E-state index in [0.717, 1.165) is 30.0 Å².